The highest BCUT2D eigenvalue weighted by molar-refractivity contribution is 7.10. The van der Waals surface area contributed by atoms with E-state index in [1.165, 1.54) is 11.5 Å². The lowest BCUT2D eigenvalue weighted by atomic mass is 10.2. The quantitative estimate of drug-likeness (QED) is 0.839. The van der Waals surface area contributed by atoms with Gasteiger partial charge in [-0.3, -0.25) is 9.80 Å². The van der Waals surface area contributed by atoms with Gasteiger partial charge >= 0.3 is 0 Å². The number of likely N-dealkylation sites (N-methyl/N-ethyl adjacent to an activating group) is 1. The van der Waals surface area contributed by atoms with Crippen molar-refractivity contribution in [3.05, 3.63) is 27.9 Å². The van der Waals surface area contributed by atoms with Gasteiger partial charge in [-0.2, -0.15) is 0 Å². The predicted molar refractivity (Wildman–Crippen MR) is 81.3 cm³/mol. The fourth-order valence-electron chi connectivity index (χ4n) is 2.64. The molecule has 1 fully saturated rings. The standard InChI is InChI=1S/C13H18ClN5OS/c1-9-5-15-12(20-9)8-18(2)10-3-4-19(6-10)7-11-13(14)21-17-16-11/h5,10H,3-4,6-8H2,1-2H3/t10-/m0/s1. The highest BCUT2D eigenvalue weighted by atomic mass is 35.5. The zero-order valence-electron chi connectivity index (χ0n) is 12.1. The van der Waals surface area contributed by atoms with Crippen LogP contribution in [0.25, 0.3) is 0 Å². The van der Waals surface area contributed by atoms with E-state index in [1.54, 1.807) is 6.20 Å². The van der Waals surface area contributed by atoms with E-state index in [4.69, 9.17) is 16.0 Å². The average Bonchev–Trinajstić information content (AvgIpc) is 3.14. The van der Waals surface area contributed by atoms with E-state index >= 15 is 0 Å². The molecule has 0 bridgehead atoms. The van der Waals surface area contributed by atoms with E-state index in [-0.39, 0.29) is 0 Å². The van der Waals surface area contributed by atoms with Crippen LogP contribution in [0, 0.1) is 6.92 Å². The van der Waals surface area contributed by atoms with Gasteiger partial charge in [0.1, 0.15) is 15.8 Å². The lowest BCUT2D eigenvalue weighted by Crippen LogP contribution is -2.34. The number of hydrogen-bond acceptors (Lipinski definition) is 7. The summed E-state index contributed by atoms with van der Waals surface area (Å²) in [5.41, 5.74) is 0.883. The minimum absolute atomic E-state index is 0.502. The summed E-state index contributed by atoms with van der Waals surface area (Å²) < 4.78 is 10.1. The minimum atomic E-state index is 0.502. The van der Waals surface area contributed by atoms with Crippen LogP contribution in [0.2, 0.25) is 4.34 Å². The summed E-state index contributed by atoms with van der Waals surface area (Å²) in [5.74, 6) is 1.64. The molecule has 1 saturated heterocycles. The molecule has 3 rings (SSSR count). The van der Waals surface area contributed by atoms with E-state index in [2.05, 4.69) is 31.4 Å². The summed E-state index contributed by atoms with van der Waals surface area (Å²) in [6.07, 6.45) is 2.90. The number of aromatic nitrogens is 3. The van der Waals surface area contributed by atoms with Gasteiger partial charge in [-0.25, -0.2) is 4.98 Å². The highest BCUT2D eigenvalue weighted by Crippen LogP contribution is 2.23. The molecular weight excluding hydrogens is 310 g/mol. The molecule has 114 valence electrons. The molecule has 8 heteroatoms. The van der Waals surface area contributed by atoms with Gasteiger partial charge < -0.3 is 4.42 Å². The van der Waals surface area contributed by atoms with Gasteiger partial charge in [0.15, 0.2) is 0 Å². The third-order valence-electron chi connectivity index (χ3n) is 3.81. The number of halogens is 1. The molecule has 0 saturated carbocycles. The Hall–Kier alpha value is -1.02. The summed E-state index contributed by atoms with van der Waals surface area (Å²) >= 11 is 7.31. The van der Waals surface area contributed by atoms with Crippen LogP contribution in [-0.4, -0.2) is 50.5 Å². The Morgan fingerprint density at radius 1 is 1.57 bits per heavy atom. The van der Waals surface area contributed by atoms with Crippen LogP contribution >= 0.6 is 23.1 Å². The molecule has 6 nitrogen and oxygen atoms in total. The average molecular weight is 328 g/mol. The van der Waals surface area contributed by atoms with E-state index in [0.717, 1.165) is 49.9 Å². The molecule has 0 radical (unpaired) electrons. The van der Waals surface area contributed by atoms with Gasteiger partial charge in [-0.05, 0) is 20.4 Å². The zero-order chi connectivity index (χ0) is 14.8. The maximum absolute atomic E-state index is 6.06. The van der Waals surface area contributed by atoms with Crippen LogP contribution in [0.4, 0.5) is 0 Å². The van der Waals surface area contributed by atoms with Gasteiger partial charge in [0.05, 0.1) is 12.7 Å². The lowest BCUT2D eigenvalue weighted by Gasteiger charge is -2.23. The molecule has 1 aliphatic rings. The molecular formula is C13H18ClN5OS. The Balaban J connectivity index is 1.53. The minimum Gasteiger partial charge on any atom is -0.445 e. The Morgan fingerprint density at radius 2 is 2.43 bits per heavy atom. The van der Waals surface area contributed by atoms with Crippen molar-refractivity contribution in [3.8, 4) is 0 Å². The first-order chi connectivity index (χ1) is 10.1. The molecule has 0 spiro atoms. The second-order valence-electron chi connectivity index (χ2n) is 5.45. The molecule has 3 heterocycles. The van der Waals surface area contributed by atoms with Crippen molar-refractivity contribution in [2.75, 3.05) is 20.1 Å². The fourth-order valence-corrected chi connectivity index (χ4v) is 3.25. The van der Waals surface area contributed by atoms with E-state index in [0.29, 0.717) is 10.4 Å². The Kier molecular flexibility index (Phi) is 4.54. The summed E-state index contributed by atoms with van der Waals surface area (Å²) in [5, 5.41) is 4.08. The second-order valence-corrected chi connectivity index (χ2v) is 6.81. The zero-order valence-corrected chi connectivity index (χ0v) is 13.7. The van der Waals surface area contributed by atoms with Gasteiger partial charge in [0.25, 0.3) is 0 Å². The Labute approximate surface area is 132 Å². The molecule has 2 aromatic rings. The summed E-state index contributed by atoms with van der Waals surface area (Å²) in [6, 6.07) is 0.502. The van der Waals surface area contributed by atoms with Crippen LogP contribution < -0.4 is 0 Å². The Bertz CT molecular complexity index is 601. The Morgan fingerprint density at radius 3 is 3.10 bits per heavy atom. The van der Waals surface area contributed by atoms with Crippen LogP contribution in [0.1, 0.15) is 23.8 Å². The molecule has 2 aromatic heterocycles. The molecule has 21 heavy (non-hydrogen) atoms. The fraction of sp³-hybridized carbons (Fsp3) is 0.615. The van der Waals surface area contributed by atoms with Crippen molar-refractivity contribution in [1.29, 1.82) is 0 Å². The number of nitrogens with zero attached hydrogens (tertiary/aromatic N) is 5. The van der Waals surface area contributed by atoms with Gasteiger partial charge in [0, 0.05) is 37.2 Å². The number of likely N-dealkylation sites (tertiary alicyclic amines) is 1. The monoisotopic (exact) mass is 327 g/mol. The van der Waals surface area contributed by atoms with E-state index in [9.17, 15) is 0 Å². The van der Waals surface area contributed by atoms with Gasteiger partial charge in [-0.15, -0.1) is 5.10 Å². The van der Waals surface area contributed by atoms with Crippen molar-refractivity contribution >= 4 is 23.1 Å². The van der Waals surface area contributed by atoms with Crippen LogP contribution in [-0.2, 0) is 13.1 Å². The topological polar surface area (TPSA) is 58.3 Å². The first kappa shape index (κ1) is 14.9. The smallest absolute Gasteiger partial charge is 0.208 e. The molecule has 0 N–H and O–H groups in total. The van der Waals surface area contributed by atoms with Crippen molar-refractivity contribution in [2.45, 2.75) is 32.5 Å². The van der Waals surface area contributed by atoms with Crippen molar-refractivity contribution < 1.29 is 4.42 Å². The normalized spacial score (nSPS) is 19.7. The molecule has 0 aliphatic carbocycles. The number of aryl methyl sites for hydroxylation is 1. The highest BCUT2D eigenvalue weighted by Gasteiger charge is 2.27. The predicted octanol–water partition coefficient (Wildman–Crippen LogP) is 2.19. The number of rotatable bonds is 5. The summed E-state index contributed by atoms with van der Waals surface area (Å²) in [6.45, 7) is 5.49. The molecule has 1 atom stereocenters. The first-order valence-electron chi connectivity index (χ1n) is 6.92. The maximum atomic E-state index is 6.06. The van der Waals surface area contributed by atoms with Crippen LogP contribution in [0.15, 0.2) is 10.6 Å². The van der Waals surface area contributed by atoms with Crippen molar-refractivity contribution in [3.63, 3.8) is 0 Å². The van der Waals surface area contributed by atoms with Crippen molar-refractivity contribution in [2.24, 2.45) is 0 Å². The number of hydrogen-bond donors (Lipinski definition) is 0. The SMILES string of the molecule is Cc1cnc(CN(C)[C@H]2CCN(Cc3nnsc3Cl)C2)o1. The molecule has 1 aliphatic heterocycles. The van der Waals surface area contributed by atoms with Gasteiger partial charge in [0.2, 0.25) is 5.89 Å². The van der Waals surface area contributed by atoms with Crippen LogP contribution in [0.5, 0.6) is 0 Å². The molecule has 0 amide bonds. The van der Waals surface area contributed by atoms with Gasteiger partial charge in [-0.1, -0.05) is 16.1 Å². The second kappa shape index (κ2) is 6.39. The van der Waals surface area contributed by atoms with E-state index in [1.807, 2.05) is 6.92 Å². The molecule has 0 unspecified atom stereocenters. The third kappa shape index (κ3) is 3.60. The summed E-state index contributed by atoms with van der Waals surface area (Å²) in [7, 11) is 2.12. The number of oxazole rings is 1. The molecule has 0 aromatic carbocycles. The van der Waals surface area contributed by atoms with E-state index < -0.39 is 0 Å². The first-order valence-corrected chi connectivity index (χ1v) is 8.07. The van der Waals surface area contributed by atoms with Crippen LogP contribution in [0.3, 0.4) is 0 Å². The maximum Gasteiger partial charge on any atom is 0.208 e. The van der Waals surface area contributed by atoms with Crippen molar-refractivity contribution in [1.82, 2.24) is 24.4 Å². The lowest BCUT2D eigenvalue weighted by molar-refractivity contribution is 0.204. The summed E-state index contributed by atoms with van der Waals surface area (Å²) in [4.78, 5) is 8.93. The largest absolute Gasteiger partial charge is 0.445 e. The third-order valence-corrected chi connectivity index (χ3v) is 4.79.